The maximum absolute atomic E-state index is 12.2. The van der Waals surface area contributed by atoms with Crippen molar-refractivity contribution in [3.05, 3.63) is 29.3 Å². The Morgan fingerprint density at radius 3 is 2.71 bits per heavy atom. The first-order valence-corrected chi connectivity index (χ1v) is 8.00. The van der Waals surface area contributed by atoms with E-state index in [1.54, 1.807) is 7.11 Å². The lowest BCUT2D eigenvalue weighted by atomic mass is 9.96. The lowest BCUT2D eigenvalue weighted by Crippen LogP contribution is -2.43. The van der Waals surface area contributed by atoms with Gasteiger partial charge in [0.2, 0.25) is 0 Å². The fourth-order valence-electron chi connectivity index (χ4n) is 3.59. The smallest absolute Gasteiger partial charge is 0.315 e. The third-order valence-electron chi connectivity index (χ3n) is 4.69. The molecule has 0 unspecified atom stereocenters. The topological polar surface area (TPSA) is 50.4 Å². The van der Waals surface area contributed by atoms with Crippen LogP contribution < -0.4 is 15.4 Å². The van der Waals surface area contributed by atoms with Gasteiger partial charge in [0.1, 0.15) is 5.75 Å². The first-order chi connectivity index (χ1) is 10.3. The minimum Gasteiger partial charge on any atom is -0.496 e. The molecule has 0 aliphatic heterocycles. The van der Waals surface area contributed by atoms with E-state index in [9.17, 15) is 4.79 Å². The summed E-state index contributed by atoms with van der Waals surface area (Å²) in [5.41, 5.74) is 2.44. The molecule has 0 heterocycles. The predicted octanol–water partition coefficient (Wildman–Crippen LogP) is 3.31. The van der Waals surface area contributed by atoms with Crippen LogP contribution in [0.25, 0.3) is 0 Å². The van der Waals surface area contributed by atoms with Gasteiger partial charge in [-0.1, -0.05) is 31.4 Å². The lowest BCUT2D eigenvalue weighted by Gasteiger charge is -2.24. The summed E-state index contributed by atoms with van der Waals surface area (Å²) in [6, 6.07) is 6.52. The van der Waals surface area contributed by atoms with E-state index in [0.29, 0.717) is 6.04 Å². The molecule has 2 aliphatic carbocycles. The van der Waals surface area contributed by atoms with Crippen molar-refractivity contribution in [3.63, 3.8) is 0 Å². The number of hydrogen-bond donors (Lipinski definition) is 2. The van der Waals surface area contributed by atoms with Crippen LogP contribution in [0.5, 0.6) is 5.75 Å². The Kier molecular flexibility index (Phi) is 4.32. The van der Waals surface area contributed by atoms with Gasteiger partial charge in [0.15, 0.2) is 0 Å². The zero-order valence-corrected chi connectivity index (χ0v) is 12.7. The van der Waals surface area contributed by atoms with Gasteiger partial charge in [0.25, 0.3) is 0 Å². The second-order valence-corrected chi connectivity index (χ2v) is 6.07. The van der Waals surface area contributed by atoms with E-state index in [0.717, 1.165) is 31.4 Å². The molecule has 1 aromatic rings. The molecule has 1 fully saturated rings. The summed E-state index contributed by atoms with van der Waals surface area (Å²) < 4.78 is 5.40. The Balaban J connectivity index is 1.61. The Morgan fingerprint density at radius 1 is 1.14 bits per heavy atom. The highest BCUT2D eigenvalue weighted by Crippen LogP contribution is 2.36. The van der Waals surface area contributed by atoms with Crippen molar-refractivity contribution in [2.45, 2.75) is 57.0 Å². The van der Waals surface area contributed by atoms with E-state index in [2.05, 4.69) is 16.7 Å². The van der Waals surface area contributed by atoms with Gasteiger partial charge in [0.05, 0.1) is 13.2 Å². The monoisotopic (exact) mass is 288 g/mol. The molecule has 0 aromatic heterocycles. The van der Waals surface area contributed by atoms with Crippen LogP contribution >= 0.6 is 0 Å². The molecule has 0 bridgehead atoms. The number of rotatable bonds is 3. The van der Waals surface area contributed by atoms with Crippen molar-refractivity contribution in [1.29, 1.82) is 0 Å². The fourth-order valence-corrected chi connectivity index (χ4v) is 3.59. The molecule has 2 amide bonds. The SMILES string of the molecule is COc1cccc2c1CC[C@@H]2NC(=O)NC1CCCCC1. The summed E-state index contributed by atoms with van der Waals surface area (Å²) in [5.74, 6) is 0.935. The standard InChI is InChI=1S/C17H24N2O2/c1-21-16-9-5-8-13-14(16)10-11-15(13)19-17(20)18-12-6-3-2-4-7-12/h5,8-9,12,15H,2-4,6-7,10-11H2,1H3,(H2,18,19,20)/t15-/m0/s1. The average Bonchev–Trinajstić information content (AvgIpc) is 2.91. The Bertz CT molecular complexity index is 510. The number of nitrogens with one attached hydrogen (secondary N) is 2. The third-order valence-corrected chi connectivity index (χ3v) is 4.69. The molecule has 4 nitrogen and oxygen atoms in total. The number of amides is 2. The molecule has 1 atom stereocenters. The van der Waals surface area contributed by atoms with Crippen LogP contribution in [0.3, 0.4) is 0 Å². The number of urea groups is 1. The second kappa shape index (κ2) is 6.37. The summed E-state index contributed by atoms with van der Waals surface area (Å²) in [6.07, 6.45) is 7.91. The maximum atomic E-state index is 12.2. The van der Waals surface area contributed by atoms with Gasteiger partial charge < -0.3 is 15.4 Å². The van der Waals surface area contributed by atoms with E-state index in [4.69, 9.17) is 4.74 Å². The van der Waals surface area contributed by atoms with E-state index in [1.807, 2.05) is 12.1 Å². The molecular formula is C17H24N2O2. The van der Waals surface area contributed by atoms with Crippen LogP contribution in [-0.4, -0.2) is 19.2 Å². The van der Waals surface area contributed by atoms with Crippen molar-refractivity contribution in [3.8, 4) is 5.75 Å². The maximum Gasteiger partial charge on any atom is 0.315 e. The molecular weight excluding hydrogens is 264 g/mol. The van der Waals surface area contributed by atoms with Gasteiger partial charge >= 0.3 is 6.03 Å². The van der Waals surface area contributed by atoms with Crippen LogP contribution in [0.15, 0.2) is 18.2 Å². The van der Waals surface area contributed by atoms with Crippen LogP contribution in [0.2, 0.25) is 0 Å². The van der Waals surface area contributed by atoms with Crippen molar-refractivity contribution >= 4 is 6.03 Å². The van der Waals surface area contributed by atoms with Gasteiger partial charge in [-0.05, 0) is 42.9 Å². The summed E-state index contributed by atoms with van der Waals surface area (Å²) in [4.78, 5) is 12.2. The molecule has 2 N–H and O–H groups in total. The van der Waals surface area contributed by atoms with Crippen LogP contribution in [0, 0.1) is 0 Å². The second-order valence-electron chi connectivity index (χ2n) is 6.07. The highest BCUT2D eigenvalue weighted by Gasteiger charge is 2.27. The van der Waals surface area contributed by atoms with Crippen LogP contribution in [-0.2, 0) is 6.42 Å². The first kappa shape index (κ1) is 14.2. The number of benzene rings is 1. The normalized spacial score (nSPS) is 21.7. The first-order valence-electron chi connectivity index (χ1n) is 8.00. The fraction of sp³-hybridized carbons (Fsp3) is 0.588. The van der Waals surface area contributed by atoms with E-state index < -0.39 is 0 Å². The number of fused-ring (bicyclic) bond motifs is 1. The van der Waals surface area contributed by atoms with Gasteiger partial charge in [-0.15, -0.1) is 0 Å². The highest BCUT2D eigenvalue weighted by atomic mass is 16.5. The Hall–Kier alpha value is -1.71. The molecule has 3 rings (SSSR count). The molecule has 0 radical (unpaired) electrons. The average molecular weight is 288 g/mol. The number of ether oxygens (including phenoxy) is 1. The van der Waals surface area contributed by atoms with E-state index >= 15 is 0 Å². The van der Waals surface area contributed by atoms with Crippen molar-refractivity contribution in [2.75, 3.05) is 7.11 Å². The lowest BCUT2D eigenvalue weighted by molar-refractivity contribution is 0.229. The quantitative estimate of drug-likeness (QED) is 0.896. The summed E-state index contributed by atoms with van der Waals surface area (Å²) >= 11 is 0. The zero-order chi connectivity index (χ0) is 14.7. The Morgan fingerprint density at radius 2 is 1.95 bits per heavy atom. The molecule has 0 saturated heterocycles. The molecule has 21 heavy (non-hydrogen) atoms. The van der Waals surface area contributed by atoms with E-state index in [1.165, 1.54) is 30.4 Å². The molecule has 4 heteroatoms. The van der Waals surface area contributed by atoms with Gasteiger partial charge in [-0.3, -0.25) is 0 Å². The third kappa shape index (κ3) is 3.14. The summed E-state index contributed by atoms with van der Waals surface area (Å²) in [7, 11) is 1.70. The molecule has 0 spiro atoms. The van der Waals surface area contributed by atoms with Gasteiger partial charge in [0, 0.05) is 6.04 Å². The minimum atomic E-state index is -0.0254. The van der Waals surface area contributed by atoms with Crippen LogP contribution in [0.4, 0.5) is 4.79 Å². The summed E-state index contributed by atoms with van der Waals surface area (Å²) in [5, 5.41) is 6.25. The molecule has 2 aliphatic rings. The Labute approximate surface area is 126 Å². The number of carbonyl (C=O) groups excluding carboxylic acids is 1. The number of hydrogen-bond acceptors (Lipinski definition) is 2. The largest absolute Gasteiger partial charge is 0.496 e. The predicted molar refractivity (Wildman–Crippen MR) is 82.6 cm³/mol. The summed E-state index contributed by atoms with van der Waals surface area (Å²) in [6.45, 7) is 0. The zero-order valence-electron chi connectivity index (χ0n) is 12.7. The van der Waals surface area contributed by atoms with Crippen LogP contribution in [0.1, 0.15) is 55.7 Å². The van der Waals surface area contributed by atoms with Gasteiger partial charge in [-0.2, -0.15) is 0 Å². The number of carbonyl (C=O) groups is 1. The minimum absolute atomic E-state index is 0.0254. The molecule has 1 aromatic carbocycles. The van der Waals surface area contributed by atoms with Gasteiger partial charge in [-0.25, -0.2) is 4.79 Å². The highest BCUT2D eigenvalue weighted by molar-refractivity contribution is 5.75. The molecule has 1 saturated carbocycles. The molecule has 114 valence electrons. The van der Waals surface area contributed by atoms with Crippen molar-refractivity contribution < 1.29 is 9.53 Å². The van der Waals surface area contributed by atoms with Crippen molar-refractivity contribution in [1.82, 2.24) is 10.6 Å². The van der Waals surface area contributed by atoms with Crippen molar-refractivity contribution in [2.24, 2.45) is 0 Å². The number of methoxy groups -OCH3 is 1. The van der Waals surface area contributed by atoms with E-state index in [-0.39, 0.29) is 12.1 Å².